The average Bonchev–Trinajstić information content (AvgIpc) is 2.90. The van der Waals surface area contributed by atoms with Gasteiger partial charge in [-0.25, -0.2) is 0 Å². The molecule has 0 spiro atoms. The highest BCUT2D eigenvalue weighted by atomic mass is 16.7. The Morgan fingerprint density at radius 3 is 2.38 bits per heavy atom. The van der Waals surface area contributed by atoms with Gasteiger partial charge in [0.25, 0.3) is 0 Å². The molecule has 1 unspecified atom stereocenters. The van der Waals surface area contributed by atoms with E-state index < -0.39 is 7.12 Å². The molecule has 1 fully saturated rings. The Hall–Kier alpha value is -1.77. The maximum atomic E-state index is 9.65. The summed E-state index contributed by atoms with van der Waals surface area (Å²) >= 11 is 0. The highest BCUT2D eigenvalue weighted by Gasteiger charge is 2.51. The summed E-state index contributed by atoms with van der Waals surface area (Å²) in [5.74, 6) is 0. The topological polar surface area (TPSA) is 54.3 Å². The minimum absolute atomic E-state index is 0.275. The van der Waals surface area contributed by atoms with Gasteiger partial charge in [-0.2, -0.15) is 5.26 Å². The van der Waals surface area contributed by atoms with Crippen LogP contribution in [0.3, 0.4) is 0 Å². The fourth-order valence-corrected chi connectivity index (χ4v) is 3.59. The molecule has 1 heterocycles. The maximum absolute atomic E-state index is 9.65. The van der Waals surface area contributed by atoms with E-state index in [1.165, 1.54) is 37.7 Å². The summed E-state index contributed by atoms with van der Waals surface area (Å²) < 4.78 is 12.2. The molecule has 0 bridgehead atoms. The minimum atomic E-state index is -0.435. The van der Waals surface area contributed by atoms with Gasteiger partial charge in [-0.1, -0.05) is 50.5 Å². The lowest BCUT2D eigenvalue weighted by molar-refractivity contribution is 0.00578. The van der Waals surface area contributed by atoms with Crippen LogP contribution in [0.25, 0.3) is 0 Å². The van der Waals surface area contributed by atoms with E-state index in [2.05, 4.69) is 24.0 Å². The summed E-state index contributed by atoms with van der Waals surface area (Å²) in [6.45, 7) is 12.0. The van der Waals surface area contributed by atoms with Gasteiger partial charge in [0.1, 0.15) is 6.04 Å². The van der Waals surface area contributed by atoms with Gasteiger partial charge in [0.15, 0.2) is 0 Å². The van der Waals surface area contributed by atoms with Crippen molar-refractivity contribution >= 4 is 7.12 Å². The molecule has 1 aliphatic carbocycles. The van der Waals surface area contributed by atoms with Crippen molar-refractivity contribution in [1.82, 2.24) is 5.32 Å². The number of allylic oxidation sites excluding steroid dienone is 5. The second-order valence-electron chi connectivity index (χ2n) is 8.99. The van der Waals surface area contributed by atoms with Crippen LogP contribution in [0, 0.1) is 11.3 Å². The predicted octanol–water partition coefficient (Wildman–Crippen LogP) is 5.79. The van der Waals surface area contributed by atoms with Crippen molar-refractivity contribution in [2.45, 2.75) is 96.3 Å². The van der Waals surface area contributed by atoms with Crippen LogP contribution in [-0.4, -0.2) is 24.4 Å². The van der Waals surface area contributed by atoms with Gasteiger partial charge >= 0.3 is 7.12 Å². The number of rotatable bonds is 6. The fraction of sp³-hybridized carbons (Fsp3) is 0.625. The van der Waals surface area contributed by atoms with Crippen molar-refractivity contribution in [3.8, 4) is 6.07 Å². The van der Waals surface area contributed by atoms with Gasteiger partial charge in [0.05, 0.1) is 17.3 Å². The molecule has 29 heavy (non-hydrogen) atoms. The zero-order valence-corrected chi connectivity index (χ0v) is 18.7. The molecule has 4 nitrogen and oxygen atoms in total. The van der Waals surface area contributed by atoms with Crippen LogP contribution < -0.4 is 5.32 Å². The fourth-order valence-electron chi connectivity index (χ4n) is 3.59. The molecule has 1 aliphatic heterocycles. The van der Waals surface area contributed by atoms with Crippen molar-refractivity contribution in [3.63, 3.8) is 0 Å². The SMILES string of the molecule is C=C/C(=C\C=C\NC(C#N)/C1=C/CCCCCCCC1)B1OC(C)(C)C(C)(C)O1. The normalized spacial score (nSPS) is 25.7. The van der Waals surface area contributed by atoms with Crippen LogP contribution in [-0.2, 0) is 9.31 Å². The van der Waals surface area contributed by atoms with Gasteiger partial charge in [-0.15, -0.1) is 0 Å². The number of hydrogen-bond acceptors (Lipinski definition) is 4. The van der Waals surface area contributed by atoms with E-state index in [0.717, 1.165) is 24.7 Å². The molecule has 1 saturated heterocycles. The number of nitrogens with one attached hydrogen (secondary N) is 1. The highest BCUT2D eigenvalue weighted by Crippen LogP contribution is 2.38. The first-order valence-electron chi connectivity index (χ1n) is 11.0. The Morgan fingerprint density at radius 1 is 1.14 bits per heavy atom. The van der Waals surface area contributed by atoms with Crippen LogP contribution in [0.2, 0.25) is 0 Å². The molecular weight excluding hydrogens is 359 g/mol. The number of nitriles is 1. The van der Waals surface area contributed by atoms with Crippen LogP contribution in [0.15, 0.2) is 48.1 Å². The molecule has 0 aromatic rings. The molecule has 0 radical (unpaired) electrons. The Kier molecular flexibility index (Phi) is 8.80. The molecule has 0 aromatic carbocycles. The highest BCUT2D eigenvalue weighted by molar-refractivity contribution is 6.55. The lowest BCUT2D eigenvalue weighted by Crippen LogP contribution is -2.41. The zero-order chi connectivity index (χ0) is 21.3. The summed E-state index contributed by atoms with van der Waals surface area (Å²) in [5.41, 5.74) is 1.33. The van der Waals surface area contributed by atoms with E-state index >= 15 is 0 Å². The predicted molar refractivity (Wildman–Crippen MR) is 121 cm³/mol. The average molecular weight is 396 g/mol. The molecule has 1 N–H and O–H groups in total. The van der Waals surface area contributed by atoms with Crippen molar-refractivity contribution in [1.29, 1.82) is 5.26 Å². The summed E-state index contributed by atoms with van der Waals surface area (Å²) in [4.78, 5) is 0. The van der Waals surface area contributed by atoms with Crippen LogP contribution in [0.1, 0.15) is 79.1 Å². The van der Waals surface area contributed by atoms with Crippen LogP contribution in [0.5, 0.6) is 0 Å². The van der Waals surface area contributed by atoms with Crippen molar-refractivity contribution in [3.05, 3.63) is 48.1 Å². The molecule has 1 atom stereocenters. The Balaban J connectivity index is 1.99. The van der Waals surface area contributed by atoms with Crippen LogP contribution in [0.4, 0.5) is 0 Å². The number of nitrogens with zero attached hydrogens (tertiary/aromatic N) is 1. The van der Waals surface area contributed by atoms with E-state index in [4.69, 9.17) is 9.31 Å². The van der Waals surface area contributed by atoms with E-state index in [0.29, 0.717) is 0 Å². The van der Waals surface area contributed by atoms with Gasteiger partial charge in [0.2, 0.25) is 0 Å². The Bertz CT molecular complexity index is 669. The van der Waals surface area contributed by atoms with Gasteiger partial charge < -0.3 is 14.6 Å². The summed E-state index contributed by atoms with van der Waals surface area (Å²) in [5, 5.41) is 12.9. The summed E-state index contributed by atoms with van der Waals surface area (Å²) in [7, 11) is -0.435. The lowest BCUT2D eigenvalue weighted by atomic mass is 9.78. The van der Waals surface area contributed by atoms with E-state index in [9.17, 15) is 5.26 Å². The number of hydrogen-bond donors (Lipinski definition) is 1. The third-order valence-corrected chi connectivity index (χ3v) is 6.23. The third-order valence-electron chi connectivity index (χ3n) is 6.23. The van der Waals surface area contributed by atoms with Crippen molar-refractivity contribution < 1.29 is 9.31 Å². The zero-order valence-electron chi connectivity index (χ0n) is 18.7. The monoisotopic (exact) mass is 396 g/mol. The molecule has 2 aliphatic rings. The summed E-state index contributed by atoms with van der Waals surface area (Å²) in [6.07, 6.45) is 19.4. The molecule has 2 rings (SSSR count). The first-order chi connectivity index (χ1) is 13.8. The van der Waals surface area contributed by atoms with Crippen LogP contribution >= 0.6 is 0 Å². The quantitative estimate of drug-likeness (QED) is 0.351. The molecule has 0 saturated carbocycles. The first kappa shape index (κ1) is 23.5. The Labute approximate surface area is 177 Å². The third kappa shape index (κ3) is 6.62. The molecule has 0 aromatic heterocycles. The van der Waals surface area contributed by atoms with Crippen molar-refractivity contribution in [2.24, 2.45) is 0 Å². The van der Waals surface area contributed by atoms with E-state index in [1.807, 2.05) is 46.0 Å². The maximum Gasteiger partial charge on any atom is 0.494 e. The second-order valence-corrected chi connectivity index (χ2v) is 8.99. The van der Waals surface area contributed by atoms with Gasteiger partial charge in [-0.05, 0) is 76.7 Å². The van der Waals surface area contributed by atoms with Gasteiger partial charge in [-0.3, -0.25) is 0 Å². The smallest absolute Gasteiger partial charge is 0.399 e. The van der Waals surface area contributed by atoms with E-state index in [1.54, 1.807) is 6.08 Å². The minimum Gasteiger partial charge on any atom is -0.399 e. The lowest BCUT2D eigenvalue weighted by Gasteiger charge is -2.32. The molecule has 5 heteroatoms. The van der Waals surface area contributed by atoms with Gasteiger partial charge in [0, 0.05) is 0 Å². The first-order valence-corrected chi connectivity index (χ1v) is 11.0. The second kappa shape index (κ2) is 10.9. The standard InChI is InChI=1S/C24H37BN2O2/c1-6-21(25-28-23(2,3)24(4,5)29-25)17-14-18-27-22(19-26)20-15-12-10-8-7-9-11-13-16-20/h6,14-15,17-18,22,27H,1,7-13,16H2,2-5H3/b18-14+,20-15+,21-17+. The molecule has 158 valence electrons. The largest absolute Gasteiger partial charge is 0.494 e. The summed E-state index contributed by atoms with van der Waals surface area (Å²) in [6, 6.07) is 2.14. The van der Waals surface area contributed by atoms with Crippen molar-refractivity contribution in [2.75, 3.05) is 0 Å². The molecular formula is C24H37BN2O2. The Morgan fingerprint density at radius 2 is 1.76 bits per heavy atom. The molecule has 0 amide bonds. The van der Waals surface area contributed by atoms with E-state index in [-0.39, 0.29) is 17.2 Å².